The largest absolute Gasteiger partial charge is 0.487 e. The van der Waals surface area contributed by atoms with E-state index in [4.69, 9.17) is 9.72 Å². The molecular weight excluding hydrogens is 707 g/mol. The summed E-state index contributed by atoms with van der Waals surface area (Å²) in [6, 6.07) is 29.2. The van der Waals surface area contributed by atoms with Crippen LogP contribution in [0, 0.1) is 13.0 Å². The molecule has 1 amide bonds. The maximum atomic E-state index is 13.3. The number of amides is 1. The van der Waals surface area contributed by atoms with Gasteiger partial charge in [-0.25, -0.2) is 14.8 Å². The molecule has 0 saturated carbocycles. The van der Waals surface area contributed by atoms with Gasteiger partial charge in [0.05, 0.1) is 26.6 Å². The van der Waals surface area contributed by atoms with E-state index in [2.05, 4.69) is 55.7 Å². The topological polar surface area (TPSA) is 63.6 Å². The first-order valence-electron chi connectivity index (χ1n) is 11.6. The molecule has 4 aromatic carbocycles. The zero-order chi connectivity index (χ0) is 26.5. The molecule has 5 aromatic rings. The lowest BCUT2D eigenvalue weighted by Gasteiger charge is -2.12. The number of nitrogens with zero attached hydrogens (tertiary/aromatic N) is 2. The number of fused-ring (bicyclic) bond motifs is 1. The lowest BCUT2D eigenvalue weighted by molar-refractivity contribution is 0.0956. The molecule has 1 N–H and O–H groups in total. The number of benzene rings is 4. The van der Waals surface area contributed by atoms with Crippen molar-refractivity contribution in [3.63, 3.8) is 0 Å². The van der Waals surface area contributed by atoms with Crippen molar-refractivity contribution < 1.29 is 13.9 Å². The van der Waals surface area contributed by atoms with Crippen molar-refractivity contribution in [2.45, 2.75) is 6.61 Å². The average molecular weight is 727 g/mol. The SMILES string of the molecule is O=C(N/N=C\c1cc(I)cc(I)c1OCc1ccc(F)cc1)c1cc(-c2ccccc2)nc2ccccc12. The monoisotopic (exact) mass is 727 g/mol. The Morgan fingerprint density at radius 1 is 0.947 bits per heavy atom. The number of nitrogens with one attached hydrogen (secondary N) is 1. The zero-order valence-corrected chi connectivity index (χ0v) is 24.2. The van der Waals surface area contributed by atoms with Crippen LogP contribution in [0.15, 0.2) is 102 Å². The minimum atomic E-state index is -0.342. The van der Waals surface area contributed by atoms with Crippen LogP contribution >= 0.6 is 45.2 Å². The summed E-state index contributed by atoms with van der Waals surface area (Å²) in [5, 5.41) is 5.00. The lowest BCUT2D eigenvalue weighted by atomic mass is 10.0. The molecule has 0 atom stereocenters. The summed E-state index contributed by atoms with van der Waals surface area (Å²) in [6.45, 7) is 0.273. The Balaban J connectivity index is 1.40. The first-order chi connectivity index (χ1) is 18.5. The molecule has 0 aliphatic heterocycles. The summed E-state index contributed by atoms with van der Waals surface area (Å²) in [4.78, 5) is 18.0. The van der Waals surface area contributed by atoms with Crippen LogP contribution in [-0.4, -0.2) is 17.1 Å². The predicted molar refractivity (Wildman–Crippen MR) is 165 cm³/mol. The number of aromatic nitrogens is 1. The van der Waals surface area contributed by atoms with E-state index < -0.39 is 0 Å². The number of hydrogen-bond donors (Lipinski definition) is 1. The van der Waals surface area contributed by atoms with Crippen LogP contribution in [0.1, 0.15) is 21.5 Å². The molecular formula is C30H20FI2N3O2. The molecule has 0 radical (unpaired) electrons. The van der Waals surface area contributed by atoms with Gasteiger partial charge in [-0.3, -0.25) is 4.79 Å². The Morgan fingerprint density at radius 2 is 1.68 bits per heavy atom. The second kappa shape index (κ2) is 12.0. The molecule has 0 fully saturated rings. The van der Waals surface area contributed by atoms with E-state index in [-0.39, 0.29) is 18.3 Å². The lowest BCUT2D eigenvalue weighted by Crippen LogP contribution is -2.18. The molecule has 0 aliphatic carbocycles. The Kier molecular flexibility index (Phi) is 8.28. The molecule has 8 heteroatoms. The van der Waals surface area contributed by atoms with Crippen LogP contribution in [0.3, 0.4) is 0 Å². The normalized spacial score (nSPS) is 11.1. The van der Waals surface area contributed by atoms with Gasteiger partial charge in [-0.1, -0.05) is 60.7 Å². The van der Waals surface area contributed by atoms with Crippen molar-refractivity contribution in [2.75, 3.05) is 0 Å². The summed E-state index contributed by atoms with van der Waals surface area (Å²) in [6.07, 6.45) is 1.57. The van der Waals surface area contributed by atoms with Crippen LogP contribution in [-0.2, 0) is 6.61 Å². The molecule has 1 heterocycles. The second-order valence-electron chi connectivity index (χ2n) is 8.36. The van der Waals surface area contributed by atoms with Gasteiger partial charge < -0.3 is 4.74 Å². The zero-order valence-electron chi connectivity index (χ0n) is 19.9. The van der Waals surface area contributed by atoms with E-state index in [9.17, 15) is 9.18 Å². The molecule has 38 heavy (non-hydrogen) atoms. The summed E-state index contributed by atoms with van der Waals surface area (Å²) in [5.41, 5.74) is 7.07. The van der Waals surface area contributed by atoms with Gasteiger partial charge >= 0.3 is 0 Å². The summed E-state index contributed by atoms with van der Waals surface area (Å²) >= 11 is 4.43. The second-order valence-corrected chi connectivity index (χ2v) is 10.8. The van der Waals surface area contributed by atoms with Crippen molar-refractivity contribution in [3.05, 3.63) is 127 Å². The van der Waals surface area contributed by atoms with Crippen molar-refractivity contribution in [2.24, 2.45) is 5.10 Å². The van der Waals surface area contributed by atoms with E-state index in [0.29, 0.717) is 22.6 Å². The predicted octanol–water partition coefficient (Wildman–Crippen LogP) is 7.59. The Bertz CT molecular complexity index is 1640. The minimum absolute atomic E-state index is 0.273. The van der Waals surface area contributed by atoms with Crippen LogP contribution < -0.4 is 10.2 Å². The van der Waals surface area contributed by atoms with E-state index in [1.807, 2.05) is 66.7 Å². The van der Waals surface area contributed by atoms with Gasteiger partial charge in [-0.15, -0.1) is 0 Å². The number of halogens is 3. The number of pyridine rings is 1. The van der Waals surface area contributed by atoms with Gasteiger partial charge in [0.1, 0.15) is 18.2 Å². The first-order valence-corrected chi connectivity index (χ1v) is 13.8. The molecule has 5 nitrogen and oxygen atoms in total. The maximum absolute atomic E-state index is 13.3. The van der Waals surface area contributed by atoms with Crippen molar-refractivity contribution >= 4 is 68.2 Å². The smallest absolute Gasteiger partial charge is 0.272 e. The third kappa shape index (κ3) is 6.18. The fourth-order valence-electron chi connectivity index (χ4n) is 3.91. The minimum Gasteiger partial charge on any atom is -0.487 e. The quantitative estimate of drug-likeness (QED) is 0.107. The number of carbonyl (C=O) groups excluding carboxylic acids is 1. The molecule has 0 bridgehead atoms. The van der Waals surface area contributed by atoms with Gasteiger partial charge in [0.15, 0.2) is 0 Å². The van der Waals surface area contributed by atoms with Crippen molar-refractivity contribution in [1.29, 1.82) is 0 Å². The van der Waals surface area contributed by atoms with E-state index in [0.717, 1.165) is 29.2 Å². The van der Waals surface area contributed by atoms with Gasteiger partial charge in [0, 0.05) is 20.1 Å². The molecule has 5 rings (SSSR count). The van der Waals surface area contributed by atoms with Crippen molar-refractivity contribution in [3.8, 4) is 17.0 Å². The van der Waals surface area contributed by atoms with E-state index in [1.54, 1.807) is 24.4 Å². The van der Waals surface area contributed by atoms with Gasteiger partial charge in [0.25, 0.3) is 5.91 Å². The van der Waals surface area contributed by atoms with E-state index >= 15 is 0 Å². The number of rotatable bonds is 7. The molecule has 1 aromatic heterocycles. The highest BCUT2D eigenvalue weighted by Crippen LogP contribution is 2.29. The van der Waals surface area contributed by atoms with Gasteiger partial charge in [0.2, 0.25) is 0 Å². The number of ether oxygens (including phenoxy) is 1. The highest BCUT2D eigenvalue weighted by atomic mass is 127. The van der Waals surface area contributed by atoms with Crippen LogP contribution in [0.2, 0.25) is 0 Å². The molecule has 0 saturated heterocycles. The van der Waals surface area contributed by atoms with Gasteiger partial charge in [-0.2, -0.15) is 5.10 Å². The summed E-state index contributed by atoms with van der Waals surface area (Å²) in [7, 11) is 0. The summed E-state index contributed by atoms with van der Waals surface area (Å²) < 4.78 is 21.2. The highest BCUT2D eigenvalue weighted by molar-refractivity contribution is 14.1. The third-order valence-electron chi connectivity index (χ3n) is 5.73. The van der Waals surface area contributed by atoms with E-state index in [1.165, 1.54) is 12.1 Å². The standard InChI is InChI=1S/C30H20FI2N3O2/c31-22-12-10-19(11-13-22)18-38-29-21(14-23(32)15-26(29)33)17-34-36-30(37)25-16-28(20-6-2-1-3-7-20)35-27-9-5-4-8-24(25)27/h1-17H,18H2,(H,36,37)/b34-17-. The number of hydrogen-bond acceptors (Lipinski definition) is 4. The Labute approximate surface area is 246 Å². The van der Waals surface area contributed by atoms with Crippen LogP contribution in [0.5, 0.6) is 5.75 Å². The number of para-hydroxylation sites is 1. The van der Waals surface area contributed by atoms with Crippen LogP contribution in [0.25, 0.3) is 22.2 Å². The average Bonchev–Trinajstić information content (AvgIpc) is 2.93. The molecule has 188 valence electrons. The molecule has 0 unspecified atom stereocenters. The summed E-state index contributed by atoms with van der Waals surface area (Å²) in [5.74, 6) is -0.000717. The Morgan fingerprint density at radius 3 is 2.47 bits per heavy atom. The van der Waals surface area contributed by atoms with Crippen LogP contribution in [0.4, 0.5) is 4.39 Å². The van der Waals surface area contributed by atoms with Crippen molar-refractivity contribution in [1.82, 2.24) is 10.4 Å². The Hall–Kier alpha value is -3.38. The maximum Gasteiger partial charge on any atom is 0.272 e. The molecule has 0 spiro atoms. The third-order valence-corrected chi connectivity index (χ3v) is 7.16. The number of hydrazone groups is 1. The number of carbonyl (C=O) groups is 1. The van der Waals surface area contributed by atoms with Gasteiger partial charge in [-0.05, 0) is 87.1 Å². The first kappa shape index (κ1) is 26.2. The fourth-order valence-corrected chi connectivity index (χ4v) is 5.95. The highest BCUT2D eigenvalue weighted by Gasteiger charge is 2.14. The fraction of sp³-hybridized carbons (Fsp3) is 0.0333. The molecule has 0 aliphatic rings.